The number of nitrogens with zero attached hydrogens (tertiary/aromatic N) is 2. The maximum absolute atomic E-state index is 12.2. The average Bonchev–Trinajstić information content (AvgIpc) is 3.15. The van der Waals surface area contributed by atoms with Crippen molar-refractivity contribution in [3.8, 4) is 11.5 Å². The van der Waals surface area contributed by atoms with Gasteiger partial charge in [-0.1, -0.05) is 12.1 Å². The van der Waals surface area contributed by atoms with Crippen molar-refractivity contribution in [2.45, 2.75) is 13.0 Å². The molecule has 0 saturated carbocycles. The number of para-hydroxylation sites is 1. The Morgan fingerprint density at radius 1 is 1.23 bits per heavy atom. The number of aromatic nitrogens is 2. The van der Waals surface area contributed by atoms with E-state index < -0.39 is 0 Å². The van der Waals surface area contributed by atoms with Gasteiger partial charge in [0.2, 0.25) is 0 Å². The highest BCUT2D eigenvalue weighted by molar-refractivity contribution is 7.09. The summed E-state index contributed by atoms with van der Waals surface area (Å²) in [5, 5.41) is 5.77. The van der Waals surface area contributed by atoms with Crippen molar-refractivity contribution in [3.05, 3.63) is 70.4 Å². The van der Waals surface area contributed by atoms with Crippen LogP contribution >= 0.6 is 11.3 Å². The van der Waals surface area contributed by atoms with E-state index in [1.165, 1.54) is 0 Å². The van der Waals surface area contributed by atoms with Crippen molar-refractivity contribution in [2.24, 2.45) is 0 Å². The van der Waals surface area contributed by atoms with E-state index >= 15 is 0 Å². The molecule has 0 spiro atoms. The molecule has 3 rings (SSSR count). The Morgan fingerprint density at radius 3 is 2.92 bits per heavy atom. The maximum Gasteiger partial charge on any atom is 0.255 e. The molecule has 1 amide bonds. The molecular formula is C19H19N3O3S. The Labute approximate surface area is 155 Å². The van der Waals surface area contributed by atoms with E-state index in [4.69, 9.17) is 9.47 Å². The summed E-state index contributed by atoms with van der Waals surface area (Å²) in [6.07, 6.45) is 4.03. The lowest BCUT2D eigenvalue weighted by Gasteiger charge is -2.08. The molecule has 0 fully saturated rings. The molecule has 0 radical (unpaired) electrons. The van der Waals surface area contributed by atoms with Crippen molar-refractivity contribution in [3.63, 3.8) is 0 Å². The molecule has 7 heteroatoms. The van der Waals surface area contributed by atoms with Gasteiger partial charge in [0.1, 0.15) is 23.1 Å². The van der Waals surface area contributed by atoms with E-state index in [1.54, 1.807) is 43.0 Å². The summed E-state index contributed by atoms with van der Waals surface area (Å²) in [6, 6.07) is 10.8. The van der Waals surface area contributed by atoms with E-state index in [1.807, 2.05) is 29.6 Å². The average molecular weight is 369 g/mol. The van der Waals surface area contributed by atoms with Crippen molar-refractivity contribution < 1.29 is 14.3 Å². The smallest absolute Gasteiger partial charge is 0.255 e. The molecule has 0 aliphatic rings. The standard InChI is InChI=1S/C19H19N3O3S/c1-24-17-7-3-2-6-16(17)19(23)21-10-8-14-13-26-18(22-14)12-25-15-5-4-9-20-11-15/h2-7,9,11,13H,8,10,12H2,1H3,(H,21,23). The predicted octanol–water partition coefficient (Wildman–Crippen LogP) is 3.10. The molecule has 0 atom stereocenters. The number of ether oxygens (including phenoxy) is 2. The van der Waals surface area contributed by atoms with Gasteiger partial charge in [0.25, 0.3) is 5.91 Å². The van der Waals surface area contributed by atoms with Crippen molar-refractivity contribution >= 4 is 17.2 Å². The molecule has 0 aliphatic heterocycles. The lowest BCUT2D eigenvalue weighted by Crippen LogP contribution is -2.26. The third-order valence-electron chi connectivity index (χ3n) is 3.61. The normalized spacial score (nSPS) is 10.3. The number of pyridine rings is 1. The van der Waals surface area contributed by atoms with Crippen LogP contribution in [0.5, 0.6) is 11.5 Å². The third-order valence-corrected chi connectivity index (χ3v) is 4.49. The summed E-state index contributed by atoms with van der Waals surface area (Å²) < 4.78 is 10.8. The molecule has 2 heterocycles. The zero-order valence-electron chi connectivity index (χ0n) is 14.3. The number of benzene rings is 1. The second-order valence-electron chi connectivity index (χ2n) is 5.42. The highest BCUT2D eigenvalue weighted by atomic mass is 32.1. The van der Waals surface area contributed by atoms with Crippen LogP contribution in [0.3, 0.4) is 0 Å². The molecule has 26 heavy (non-hydrogen) atoms. The van der Waals surface area contributed by atoms with E-state index in [2.05, 4.69) is 15.3 Å². The van der Waals surface area contributed by atoms with Gasteiger partial charge in [-0.25, -0.2) is 4.98 Å². The fourth-order valence-corrected chi connectivity index (χ4v) is 3.08. The van der Waals surface area contributed by atoms with Gasteiger partial charge in [0, 0.05) is 24.5 Å². The topological polar surface area (TPSA) is 73.3 Å². The van der Waals surface area contributed by atoms with Crippen LogP contribution in [-0.4, -0.2) is 29.5 Å². The van der Waals surface area contributed by atoms with Crippen LogP contribution in [0, 0.1) is 0 Å². The van der Waals surface area contributed by atoms with Crippen LogP contribution in [0.1, 0.15) is 21.1 Å². The van der Waals surface area contributed by atoms with Crippen LogP contribution in [0.2, 0.25) is 0 Å². The summed E-state index contributed by atoms with van der Waals surface area (Å²) in [5.41, 5.74) is 1.46. The molecule has 134 valence electrons. The molecular weight excluding hydrogens is 350 g/mol. The van der Waals surface area contributed by atoms with Crippen molar-refractivity contribution in [2.75, 3.05) is 13.7 Å². The first kappa shape index (κ1) is 17.9. The monoisotopic (exact) mass is 369 g/mol. The number of methoxy groups -OCH3 is 1. The quantitative estimate of drug-likeness (QED) is 0.660. The number of rotatable bonds is 8. The molecule has 0 aliphatic carbocycles. The first-order chi connectivity index (χ1) is 12.8. The zero-order chi connectivity index (χ0) is 18.2. The maximum atomic E-state index is 12.2. The molecule has 0 bridgehead atoms. The SMILES string of the molecule is COc1ccccc1C(=O)NCCc1csc(COc2cccnc2)n1. The van der Waals surface area contributed by atoms with E-state index in [9.17, 15) is 4.79 Å². The minimum atomic E-state index is -0.155. The molecule has 1 aromatic carbocycles. The number of hydrogen-bond donors (Lipinski definition) is 1. The number of hydrogen-bond acceptors (Lipinski definition) is 6. The molecule has 1 N–H and O–H groups in total. The summed E-state index contributed by atoms with van der Waals surface area (Å²) in [4.78, 5) is 20.8. The fraction of sp³-hybridized carbons (Fsp3) is 0.211. The third kappa shape index (κ3) is 4.80. The Kier molecular flexibility index (Phi) is 6.16. The summed E-state index contributed by atoms with van der Waals surface area (Å²) in [5.74, 6) is 1.12. The summed E-state index contributed by atoms with van der Waals surface area (Å²) in [6.45, 7) is 0.910. The van der Waals surface area contributed by atoms with E-state index in [0.29, 0.717) is 36.6 Å². The van der Waals surface area contributed by atoms with Crippen molar-refractivity contribution in [1.82, 2.24) is 15.3 Å². The fourth-order valence-electron chi connectivity index (χ4n) is 2.34. The minimum Gasteiger partial charge on any atom is -0.496 e. The van der Waals surface area contributed by atoms with Crippen molar-refractivity contribution in [1.29, 1.82) is 0 Å². The van der Waals surface area contributed by atoms with Gasteiger partial charge in [-0.3, -0.25) is 9.78 Å². The Morgan fingerprint density at radius 2 is 2.12 bits per heavy atom. The first-order valence-electron chi connectivity index (χ1n) is 8.13. The zero-order valence-corrected chi connectivity index (χ0v) is 15.2. The highest BCUT2D eigenvalue weighted by Gasteiger charge is 2.11. The number of amides is 1. The Bertz CT molecular complexity index is 852. The highest BCUT2D eigenvalue weighted by Crippen LogP contribution is 2.17. The van der Waals surface area contributed by atoms with Gasteiger partial charge >= 0.3 is 0 Å². The van der Waals surface area contributed by atoms with Gasteiger partial charge in [-0.2, -0.15) is 0 Å². The van der Waals surface area contributed by atoms with Gasteiger partial charge in [0.05, 0.1) is 24.6 Å². The molecule has 3 aromatic rings. The lowest BCUT2D eigenvalue weighted by atomic mass is 10.2. The van der Waals surface area contributed by atoms with Crippen LogP contribution in [0.15, 0.2) is 54.2 Å². The van der Waals surface area contributed by atoms with E-state index in [-0.39, 0.29) is 5.91 Å². The predicted molar refractivity (Wildman–Crippen MR) is 99.7 cm³/mol. The Balaban J connectivity index is 1.47. The second-order valence-corrected chi connectivity index (χ2v) is 6.36. The second kappa shape index (κ2) is 8.96. The van der Waals surface area contributed by atoms with Crippen LogP contribution in [0.25, 0.3) is 0 Å². The van der Waals surface area contributed by atoms with Crippen LogP contribution in [-0.2, 0) is 13.0 Å². The summed E-state index contributed by atoms with van der Waals surface area (Å²) in [7, 11) is 1.55. The molecule has 0 unspecified atom stereocenters. The van der Waals surface area contributed by atoms with E-state index in [0.717, 1.165) is 10.7 Å². The number of carbonyl (C=O) groups excluding carboxylic acids is 1. The molecule has 6 nitrogen and oxygen atoms in total. The lowest BCUT2D eigenvalue weighted by molar-refractivity contribution is 0.0951. The Hall–Kier alpha value is -2.93. The van der Waals surface area contributed by atoms with Crippen LogP contribution < -0.4 is 14.8 Å². The van der Waals surface area contributed by atoms with Gasteiger partial charge < -0.3 is 14.8 Å². The largest absolute Gasteiger partial charge is 0.496 e. The first-order valence-corrected chi connectivity index (χ1v) is 9.01. The number of nitrogens with one attached hydrogen (secondary N) is 1. The molecule has 2 aromatic heterocycles. The summed E-state index contributed by atoms with van der Waals surface area (Å²) >= 11 is 1.54. The number of carbonyl (C=O) groups is 1. The van der Waals surface area contributed by atoms with Crippen LogP contribution in [0.4, 0.5) is 0 Å². The molecule has 0 saturated heterocycles. The minimum absolute atomic E-state index is 0.155. The van der Waals surface area contributed by atoms with Gasteiger partial charge in [-0.05, 0) is 24.3 Å². The van der Waals surface area contributed by atoms with Gasteiger partial charge in [0.15, 0.2) is 0 Å². The number of thiazole rings is 1. The van der Waals surface area contributed by atoms with Gasteiger partial charge in [-0.15, -0.1) is 11.3 Å².